The molecular weight excluding hydrogens is 383 g/mol. The first-order valence-electron chi connectivity index (χ1n) is 9.32. The van der Waals surface area contributed by atoms with Crippen molar-refractivity contribution in [3.8, 4) is 29.4 Å². The summed E-state index contributed by atoms with van der Waals surface area (Å²) in [6.07, 6.45) is 4.51. The van der Waals surface area contributed by atoms with E-state index in [1.807, 2.05) is 0 Å². The Morgan fingerprint density at radius 1 is 1.21 bits per heavy atom. The molecule has 2 heterocycles. The van der Waals surface area contributed by atoms with Gasteiger partial charge in [-0.05, 0) is 37.0 Å². The molecule has 29 heavy (non-hydrogen) atoms. The number of phenolic OH excluding ortho intramolecular Hbond substituents is 1. The second kappa shape index (κ2) is 6.99. The van der Waals surface area contributed by atoms with Crippen LogP contribution in [0.3, 0.4) is 0 Å². The van der Waals surface area contributed by atoms with Crippen LogP contribution in [0.25, 0.3) is 16.9 Å². The third-order valence-corrected chi connectivity index (χ3v) is 5.38. The largest absolute Gasteiger partial charge is 0.507 e. The number of hydrogen-bond acceptors (Lipinski definition) is 3. The number of nitrogens with one attached hydrogen (secondary N) is 1. The standard InChI is InChI=1S/C21H18F3N3O2/c1-2-12-8-9-14(16(28)10-12)15-11-17(29)25-20-18(13-6-4-3-5-7-13)19(21(22,23)24)26-27(15)20/h1,8-11,13,28H,3-7H2,(H,25,29). The predicted octanol–water partition coefficient (Wildman–Crippen LogP) is 4.44. The summed E-state index contributed by atoms with van der Waals surface area (Å²) in [6, 6.07) is 5.44. The molecule has 1 saturated carbocycles. The zero-order chi connectivity index (χ0) is 20.8. The van der Waals surface area contributed by atoms with Crippen LogP contribution in [-0.2, 0) is 6.18 Å². The van der Waals surface area contributed by atoms with E-state index in [0.29, 0.717) is 18.4 Å². The molecule has 0 spiro atoms. The van der Waals surface area contributed by atoms with Crippen molar-refractivity contribution in [2.24, 2.45) is 0 Å². The number of hydrogen-bond donors (Lipinski definition) is 2. The molecule has 1 aliphatic carbocycles. The number of aromatic amines is 1. The van der Waals surface area contributed by atoms with E-state index < -0.39 is 17.4 Å². The van der Waals surface area contributed by atoms with Crippen LogP contribution in [0.15, 0.2) is 29.1 Å². The van der Waals surface area contributed by atoms with E-state index in [4.69, 9.17) is 6.42 Å². The molecule has 1 fully saturated rings. The molecule has 3 aromatic rings. The molecule has 1 aromatic carbocycles. The maximum atomic E-state index is 13.8. The second-order valence-electron chi connectivity index (χ2n) is 7.25. The monoisotopic (exact) mass is 401 g/mol. The molecule has 2 N–H and O–H groups in total. The van der Waals surface area contributed by atoms with Gasteiger partial charge >= 0.3 is 6.18 Å². The second-order valence-corrected chi connectivity index (χ2v) is 7.25. The zero-order valence-electron chi connectivity index (χ0n) is 15.4. The maximum absolute atomic E-state index is 13.8. The summed E-state index contributed by atoms with van der Waals surface area (Å²) in [7, 11) is 0. The van der Waals surface area contributed by atoms with Gasteiger partial charge in [-0.25, -0.2) is 4.52 Å². The molecule has 8 heteroatoms. The summed E-state index contributed by atoms with van der Waals surface area (Å²) in [5, 5.41) is 14.2. The van der Waals surface area contributed by atoms with E-state index >= 15 is 0 Å². The summed E-state index contributed by atoms with van der Waals surface area (Å²) in [4.78, 5) is 14.8. The number of fused-ring (bicyclic) bond motifs is 1. The molecule has 1 aliphatic rings. The zero-order valence-corrected chi connectivity index (χ0v) is 15.4. The first kappa shape index (κ1) is 19.1. The van der Waals surface area contributed by atoms with Gasteiger partial charge in [0.1, 0.15) is 11.4 Å². The van der Waals surface area contributed by atoms with E-state index in [1.165, 1.54) is 18.2 Å². The lowest BCUT2D eigenvalue weighted by molar-refractivity contribution is -0.142. The highest BCUT2D eigenvalue weighted by Gasteiger charge is 2.41. The van der Waals surface area contributed by atoms with Gasteiger partial charge in [0, 0.05) is 22.8 Å². The number of halogens is 3. The number of benzene rings is 1. The first-order chi connectivity index (χ1) is 13.8. The summed E-state index contributed by atoms with van der Waals surface area (Å²) in [5.41, 5.74) is -0.871. The van der Waals surface area contributed by atoms with E-state index in [0.717, 1.165) is 29.8 Å². The van der Waals surface area contributed by atoms with Crippen molar-refractivity contribution in [3.05, 3.63) is 51.4 Å². The van der Waals surface area contributed by atoms with Gasteiger partial charge in [-0.1, -0.05) is 25.2 Å². The van der Waals surface area contributed by atoms with Crippen molar-refractivity contribution in [1.29, 1.82) is 0 Å². The summed E-state index contributed by atoms with van der Waals surface area (Å²) < 4.78 is 42.5. The number of aromatic nitrogens is 3. The van der Waals surface area contributed by atoms with Gasteiger partial charge in [0.2, 0.25) is 0 Å². The fourth-order valence-electron chi connectivity index (χ4n) is 4.08. The Labute approximate surface area is 164 Å². The van der Waals surface area contributed by atoms with Crippen molar-refractivity contribution >= 4 is 5.65 Å². The molecule has 0 unspecified atom stereocenters. The average molecular weight is 401 g/mol. The van der Waals surface area contributed by atoms with Crippen LogP contribution >= 0.6 is 0 Å². The van der Waals surface area contributed by atoms with Gasteiger partial charge in [0.05, 0.1) is 5.69 Å². The topological polar surface area (TPSA) is 70.4 Å². The van der Waals surface area contributed by atoms with Crippen LogP contribution in [-0.4, -0.2) is 19.7 Å². The minimum atomic E-state index is -4.66. The SMILES string of the molecule is C#Cc1ccc(-c2cc(=O)[nH]c3c(C4CCCCC4)c(C(F)(F)F)nn23)c(O)c1. The fraction of sp³-hybridized carbons (Fsp3) is 0.333. The highest BCUT2D eigenvalue weighted by molar-refractivity contribution is 5.71. The van der Waals surface area contributed by atoms with Crippen LogP contribution in [0.5, 0.6) is 5.75 Å². The van der Waals surface area contributed by atoms with Crippen LogP contribution in [0.1, 0.15) is 54.8 Å². The Bertz CT molecular complexity index is 1180. The molecule has 2 aromatic heterocycles. The van der Waals surface area contributed by atoms with E-state index in [-0.39, 0.29) is 34.1 Å². The third-order valence-electron chi connectivity index (χ3n) is 5.38. The number of alkyl halides is 3. The number of H-pyrrole nitrogens is 1. The van der Waals surface area contributed by atoms with Gasteiger partial charge in [0.15, 0.2) is 5.69 Å². The minimum absolute atomic E-state index is 0.0205. The molecule has 0 aliphatic heterocycles. The first-order valence-corrected chi connectivity index (χ1v) is 9.32. The van der Waals surface area contributed by atoms with Crippen LogP contribution in [0.4, 0.5) is 13.2 Å². The van der Waals surface area contributed by atoms with E-state index in [1.54, 1.807) is 0 Å². The van der Waals surface area contributed by atoms with Gasteiger partial charge < -0.3 is 10.1 Å². The van der Waals surface area contributed by atoms with Crippen LogP contribution in [0, 0.1) is 12.3 Å². The van der Waals surface area contributed by atoms with Crippen molar-refractivity contribution in [1.82, 2.24) is 14.6 Å². The highest BCUT2D eigenvalue weighted by Crippen LogP contribution is 2.42. The van der Waals surface area contributed by atoms with Crippen molar-refractivity contribution < 1.29 is 18.3 Å². The van der Waals surface area contributed by atoms with Crippen molar-refractivity contribution in [2.45, 2.75) is 44.2 Å². The Kier molecular flexibility index (Phi) is 4.61. The molecular formula is C21H18F3N3O2. The van der Waals surface area contributed by atoms with E-state index in [9.17, 15) is 23.1 Å². The molecule has 0 bridgehead atoms. The highest BCUT2D eigenvalue weighted by atomic mass is 19.4. The Hall–Kier alpha value is -3.21. The number of rotatable bonds is 2. The molecule has 0 radical (unpaired) electrons. The number of phenols is 1. The van der Waals surface area contributed by atoms with Crippen molar-refractivity contribution in [3.63, 3.8) is 0 Å². The lowest BCUT2D eigenvalue weighted by Crippen LogP contribution is -2.14. The lowest BCUT2D eigenvalue weighted by Gasteiger charge is -2.22. The van der Waals surface area contributed by atoms with Gasteiger partial charge in [-0.15, -0.1) is 6.42 Å². The number of nitrogens with zero attached hydrogens (tertiary/aromatic N) is 2. The average Bonchev–Trinajstić information content (AvgIpc) is 3.08. The normalized spacial score (nSPS) is 15.5. The number of aromatic hydroxyl groups is 1. The van der Waals surface area contributed by atoms with Crippen LogP contribution in [0.2, 0.25) is 0 Å². The predicted molar refractivity (Wildman–Crippen MR) is 102 cm³/mol. The van der Waals surface area contributed by atoms with Gasteiger partial charge in [0.25, 0.3) is 5.56 Å². The third kappa shape index (κ3) is 3.37. The van der Waals surface area contributed by atoms with Crippen molar-refractivity contribution in [2.75, 3.05) is 0 Å². The quantitative estimate of drug-likeness (QED) is 0.624. The smallest absolute Gasteiger partial charge is 0.435 e. The molecule has 150 valence electrons. The van der Waals surface area contributed by atoms with Gasteiger partial charge in [-0.3, -0.25) is 4.79 Å². The Morgan fingerprint density at radius 2 is 1.93 bits per heavy atom. The molecule has 4 rings (SSSR count). The molecule has 0 atom stereocenters. The molecule has 0 saturated heterocycles. The summed E-state index contributed by atoms with van der Waals surface area (Å²) in [6.45, 7) is 0. The summed E-state index contributed by atoms with van der Waals surface area (Å²) in [5.74, 6) is 1.80. The number of terminal acetylenes is 1. The maximum Gasteiger partial charge on any atom is 0.435 e. The summed E-state index contributed by atoms with van der Waals surface area (Å²) >= 11 is 0. The molecule has 0 amide bonds. The fourth-order valence-corrected chi connectivity index (χ4v) is 4.08. The van der Waals surface area contributed by atoms with Gasteiger partial charge in [-0.2, -0.15) is 18.3 Å². The lowest BCUT2D eigenvalue weighted by atomic mass is 9.84. The minimum Gasteiger partial charge on any atom is -0.507 e. The Balaban J connectivity index is 2.02. The molecule has 5 nitrogen and oxygen atoms in total. The Morgan fingerprint density at radius 3 is 2.55 bits per heavy atom. The van der Waals surface area contributed by atoms with Crippen LogP contribution < -0.4 is 5.56 Å². The van der Waals surface area contributed by atoms with E-state index in [2.05, 4.69) is 16.0 Å².